The van der Waals surface area contributed by atoms with Crippen LogP contribution in [0.1, 0.15) is 25.3 Å². The summed E-state index contributed by atoms with van der Waals surface area (Å²) in [7, 11) is -3.88. The maximum Gasteiger partial charge on any atom is 0.306 e. The van der Waals surface area contributed by atoms with Crippen molar-refractivity contribution in [2.24, 2.45) is 0 Å². The Balaban J connectivity index is 2.62. The fraction of sp³-hybridized carbons (Fsp3) is 0.500. The SMILES string of the molecule is CCCC(=O)O[C@@H](CCl)COS(=O)(=O)c1ccc(C)cc1. The lowest BCUT2D eigenvalue weighted by Gasteiger charge is -2.15. The van der Waals surface area contributed by atoms with Gasteiger partial charge in [0.05, 0.1) is 10.8 Å². The summed E-state index contributed by atoms with van der Waals surface area (Å²) in [6, 6.07) is 6.28. The molecule has 0 bridgehead atoms. The molecule has 0 unspecified atom stereocenters. The number of ether oxygens (including phenoxy) is 1. The average Bonchev–Trinajstić information content (AvgIpc) is 2.44. The summed E-state index contributed by atoms with van der Waals surface area (Å²) in [5, 5.41) is 0. The first kappa shape index (κ1) is 17.9. The van der Waals surface area contributed by atoms with Crippen LogP contribution in [0.4, 0.5) is 0 Å². The molecule has 0 saturated heterocycles. The van der Waals surface area contributed by atoms with Gasteiger partial charge in [0.15, 0.2) is 0 Å². The largest absolute Gasteiger partial charge is 0.459 e. The molecule has 0 spiro atoms. The van der Waals surface area contributed by atoms with E-state index in [9.17, 15) is 13.2 Å². The van der Waals surface area contributed by atoms with Gasteiger partial charge in [0.1, 0.15) is 12.7 Å². The molecule has 0 saturated carbocycles. The van der Waals surface area contributed by atoms with Crippen molar-refractivity contribution < 1.29 is 22.1 Å². The fourth-order valence-electron chi connectivity index (χ4n) is 1.50. The minimum Gasteiger partial charge on any atom is -0.459 e. The zero-order chi connectivity index (χ0) is 15.9. The summed E-state index contributed by atoms with van der Waals surface area (Å²) >= 11 is 5.66. The van der Waals surface area contributed by atoms with Crippen LogP contribution < -0.4 is 0 Å². The minimum atomic E-state index is -3.88. The molecule has 0 heterocycles. The summed E-state index contributed by atoms with van der Waals surface area (Å²) in [6.07, 6.45) is 0.125. The molecular weight excluding hydrogens is 316 g/mol. The molecule has 1 atom stereocenters. The van der Waals surface area contributed by atoms with E-state index < -0.39 is 22.2 Å². The zero-order valence-electron chi connectivity index (χ0n) is 12.0. The lowest BCUT2D eigenvalue weighted by atomic mass is 10.2. The summed E-state index contributed by atoms with van der Waals surface area (Å²) in [4.78, 5) is 11.4. The van der Waals surface area contributed by atoms with Crippen molar-refractivity contribution in [3.63, 3.8) is 0 Å². The number of rotatable bonds is 8. The van der Waals surface area contributed by atoms with Crippen LogP contribution in [-0.2, 0) is 23.8 Å². The number of hydrogen-bond acceptors (Lipinski definition) is 5. The van der Waals surface area contributed by atoms with Crippen LogP contribution in [0.15, 0.2) is 29.2 Å². The molecule has 0 aliphatic rings. The van der Waals surface area contributed by atoms with Crippen molar-refractivity contribution >= 4 is 27.7 Å². The lowest BCUT2D eigenvalue weighted by molar-refractivity contribution is -0.149. The molecule has 0 N–H and O–H groups in total. The zero-order valence-corrected chi connectivity index (χ0v) is 13.6. The second-order valence-corrected chi connectivity index (χ2v) is 6.49. The number of alkyl halides is 1. The van der Waals surface area contributed by atoms with E-state index in [0.29, 0.717) is 6.42 Å². The summed E-state index contributed by atoms with van der Waals surface area (Å²) < 4.78 is 33.9. The molecule has 5 nitrogen and oxygen atoms in total. The van der Waals surface area contributed by atoms with Gasteiger partial charge in [0, 0.05) is 6.42 Å². The number of benzene rings is 1. The third-order valence-corrected chi connectivity index (χ3v) is 4.28. The Morgan fingerprint density at radius 1 is 1.29 bits per heavy atom. The highest BCUT2D eigenvalue weighted by atomic mass is 35.5. The van der Waals surface area contributed by atoms with Gasteiger partial charge in [-0.25, -0.2) is 0 Å². The van der Waals surface area contributed by atoms with Gasteiger partial charge in [0.2, 0.25) is 0 Å². The highest BCUT2D eigenvalue weighted by Gasteiger charge is 2.20. The second kappa shape index (κ2) is 8.36. The first-order chi connectivity index (χ1) is 9.89. The maximum atomic E-state index is 12.0. The van der Waals surface area contributed by atoms with Crippen LogP contribution in [0.3, 0.4) is 0 Å². The Morgan fingerprint density at radius 3 is 2.43 bits per heavy atom. The predicted octanol–water partition coefficient (Wildman–Crippen LogP) is 2.65. The third-order valence-electron chi connectivity index (χ3n) is 2.64. The molecule has 1 aromatic rings. The number of carbonyl (C=O) groups is 1. The molecular formula is C14H19ClO5S. The van der Waals surface area contributed by atoms with Crippen LogP contribution in [0.2, 0.25) is 0 Å². The van der Waals surface area contributed by atoms with Crippen molar-refractivity contribution in [3.05, 3.63) is 29.8 Å². The number of halogens is 1. The summed E-state index contributed by atoms with van der Waals surface area (Å²) in [5.74, 6) is -0.446. The topological polar surface area (TPSA) is 69.7 Å². The maximum absolute atomic E-state index is 12.0. The third kappa shape index (κ3) is 6.03. The van der Waals surface area contributed by atoms with Crippen molar-refractivity contribution in [1.29, 1.82) is 0 Å². The smallest absolute Gasteiger partial charge is 0.306 e. The molecule has 0 fully saturated rings. The predicted molar refractivity (Wildman–Crippen MR) is 79.8 cm³/mol. The minimum absolute atomic E-state index is 0.0289. The molecule has 21 heavy (non-hydrogen) atoms. The number of hydrogen-bond donors (Lipinski definition) is 0. The van der Waals surface area contributed by atoms with Crippen LogP contribution in [0.5, 0.6) is 0 Å². The van der Waals surface area contributed by atoms with E-state index >= 15 is 0 Å². The molecule has 7 heteroatoms. The first-order valence-electron chi connectivity index (χ1n) is 6.60. The summed E-state index contributed by atoms with van der Waals surface area (Å²) in [5.41, 5.74) is 0.945. The molecule has 118 valence electrons. The van der Waals surface area contributed by atoms with E-state index in [1.807, 2.05) is 13.8 Å². The lowest BCUT2D eigenvalue weighted by Crippen LogP contribution is -2.26. The Bertz CT molecular complexity index is 553. The number of carbonyl (C=O) groups excluding carboxylic acids is 1. The van der Waals surface area contributed by atoms with E-state index in [-0.39, 0.29) is 23.8 Å². The quantitative estimate of drug-likeness (QED) is 0.415. The summed E-state index contributed by atoms with van der Waals surface area (Å²) in [6.45, 7) is 3.40. The molecule has 0 amide bonds. The van der Waals surface area contributed by atoms with Gasteiger partial charge >= 0.3 is 5.97 Å². The highest BCUT2D eigenvalue weighted by Crippen LogP contribution is 2.14. The molecule has 1 aromatic carbocycles. The van der Waals surface area contributed by atoms with E-state index in [1.54, 1.807) is 12.1 Å². The Kier molecular flexibility index (Phi) is 7.14. The van der Waals surface area contributed by atoms with Gasteiger partial charge in [-0.3, -0.25) is 8.98 Å². The van der Waals surface area contributed by atoms with Gasteiger partial charge in [-0.2, -0.15) is 8.42 Å². The second-order valence-electron chi connectivity index (χ2n) is 4.57. The van der Waals surface area contributed by atoms with Crippen LogP contribution in [0, 0.1) is 6.92 Å². The molecule has 1 rings (SSSR count). The van der Waals surface area contributed by atoms with Crippen molar-refractivity contribution in [3.8, 4) is 0 Å². The van der Waals surface area contributed by atoms with Crippen LogP contribution in [0.25, 0.3) is 0 Å². The van der Waals surface area contributed by atoms with Crippen molar-refractivity contribution in [2.75, 3.05) is 12.5 Å². The van der Waals surface area contributed by atoms with Gasteiger partial charge < -0.3 is 4.74 Å². The number of esters is 1. The highest BCUT2D eigenvalue weighted by molar-refractivity contribution is 7.86. The van der Waals surface area contributed by atoms with E-state index in [0.717, 1.165) is 5.56 Å². The molecule has 0 aliphatic heterocycles. The Morgan fingerprint density at radius 2 is 1.90 bits per heavy atom. The normalized spacial score (nSPS) is 12.9. The van der Waals surface area contributed by atoms with E-state index in [2.05, 4.69) is 0 Å². The van der Waals surface area contributed by atoms with Gasteiger partial charge in [-0.1, -0.05) is 24.6 Å². The van der Waals surface area contributed by atoms with Crippen LogP contribution in [-0.4, -0.2) is 33.0 Å². The van der Waals surface area contributed by atoms with E-state index in [1.165, 1.54) is 12.1 Å². The Labute approximate surface area is 130 Å². The Hall–Kier alpha value is -1.11. The average molecular weight is 335 g/mol. The fourth-order valence-corrected chi connectivity index (χ4v) is 2.59. The van der Waals surface area contributed by atoms with Gasteiger partial charge in [0.25, 0.3) is 10.1 Å². The van der Waals surface area contributed by atoms with Gasteiger partial charge in [-0.15, -0.1) is 11.6 Å². The van der Waals surface area contributed by atoms with Crippen molar-refractivity contribution in [1.82, 2.24) is 0 Å². The molecule has 0 aliphatic carbocycles. The van der Waals surface area contributed by atoms with Gasteiger partial charge in [-0.05, 0) is 25.5 Å². The number of aryl methyl sites for hydroxylation is 1. The first-order valence-corrected chi connectivity index (χ1v) is 8.55. The van der Waals surface area contributed by atoms with E-state index in [4.69, 9.17) is 20.5 Å². The van der Waals surface area contributed by atoms with Crippen LogP contribution >= 0.6 is 11.6 Å². The molecule has 0 radical (unpaired) electrons. The monoisotopic (exact) mass is 334 g/mol. The standard InChI is InChI=1S/C14H19ClO5S/c1-3-4-14(16)20-12(9-15)10-19-21(17,18)13-7-5-11(2)6-8-13/h5-8,12H,3-4,9-10H2,1-2H3/t12-/m0/s1. The van der Waals surface area contributed by atoms with Crippen molar-refractivity contribution in [2.45, 2.75) is 37.7 Å². The molecule has 0 aromatic heterocycles.